The molecule has 3 aromatic rings. The van der Waals surface area contributed by atoms with Gasteiger partial charge in [0.25, 0.3) is 5.91 Å². The molecule has 0 N–H and O–H groups in total. The minimum Gasteiger partial charge on any atom is -0.497 e. The fraction of sp³-hybridized carbons (Fsp3) is 0.280. The average Bonchev–Trinajstić information content (AvgIpc) is 2.86. The largest absolute Gasteiger partial charge is 0.497 e. The van der Waals surface area contributed by atoms with Crippen molar-refractivity contribution < 1.29 is 14.3 Å². The molecule has 6 nitrogen and oxygen atoms in total. The molecule has 2 aromatic carbocycles. The Kier molecular flexibility index (Phi) is 7.38. The van der Waals surface area contributed by atoms with Crippen LogP contribution in [-0.4, -0.2) is 61.1 Å². The molecule has 0 aliphatic carbocycles. The van der Waals surface area contributed by atoms with Gasteiger partial charge in [0.1, 0.15) is 11.3 Å². The summed E-state index contributed by atoms with van der Waals surface area (Å²) in [5.74, 6) is 1.03. The first-order valence-corrected chi connectivity index (χ1v) is 11.4. The highest BCUT2D eigenvalue weighted by atomic mass is 35.5. The van der Waals surface area contributed by atoms with Gasteiger partial charge in [0.05, 0.1) is 30.0 Å². The molecule has 33 heavy (non-hydrogen) atoms. The lowest BCUT2D eigenvalue weighted by atomic mass is 10.1. The molecular weight excluding hydrogens is 461 g/mol. The summed E-state index contributed by atoms with van der Waals surface area (Å²) in [6.45, 7) is 3.56. The normalized spacial score (nSPS) is 14.2. The van der Waals surface area contributed by atoms with Crippen LogP contribution in [0.5, 0.6) is 11.6 Å². The van der Waals surface area contributed by atoms with E-state index in [1.165, 1.54) is 7.11 Å². The van der Waals surface area contributed by atoms with Gasteiger partial charge in [-0.05, 0) is 54.1 Å². The molecule has 0 radical (unpaired) electrons. The summed E-state index contributed by atoms with van der Waals surface area (Å²) in [5, 5.41) is 1.11. The number of methoxy groups -OCH3 is 2. The van der Waals surface area contributed by atoms with E-state index in [1.54, 1.807) is 13.2 Å². The predicted octanol–water partition coefficient (Wildman–Crippen LogP) is 5.03. The molecule has 1 saturated heterocycles. The van der Waals surface area contributed by atoms with Crippen molar-refractivity contribution in [1.82, 2.24) is 14.8 Å². The van der Waals surface area contributed by atoms with Crippen molar-refractivity contribution in [2.75, 3.05) is 40.4 Å². The first-order valence-electron chi connectivity index (χ1n) is 10.6. The first kappa shape index (κ1) is 23.4. The van der Waals surface area contributed by atoms with Gasteiger partial charge in [0.2, 0.25) is 5.88 Å². The first-order chi connectivity index (χ1) is 16.0. The quantitative estimate of drug-likeness (QED) is 0.489. The van der Waals surface area contributed by atoms with Gasteiger partial charge in [-0.2, -0.15) is 0 Å². The van der Waals surface area contributed by atoms with Crippen LogP contribution in [0.4, 0.5) is 0 Å². The number of carbonyl (C=O) groups is 1. The SMILES string of the molecule is COc1ccc(-c2ccc(C(=O)N3CCN(Cc4ccc(Cl)c(Cl)c4)CC3)c(OC)n2)cc1. The van der Waals surface area contributed by atoms with Crippen LogP contribution in [0, 0.1) is 0 Å². The number of benzene rings is 2. The molecule has 0 bridgehead atoms. The Labute approximate surface area is 203 Å². The van der Waals surface area contributed by atoms with E-state index in [0.717, 1.165) is 42.2 Å². The number of carbonyl (C=O) groups excluding carboxylic acids is 1. The zero-order valence-corrected chi connectivity index (χ0v) is 20.1. The number of aromatic nitrogens is 1. The molecule has 4 rings (SSSR count). The molecular formula is C25H25Cl2N3O3. The number of hydrogen-bond acceptors (Lipinski definition) is 5. The molecule has 1 aliphatic rings. The fourth-order valence-electron chi connectivity index (χ4n) is 3.86. The summed E-state index contributed by atoms with van der Waals surface area (Å²) in [6, 6.07) is 16.9. The number of amides is 1. The maximum atomic E-state index is 13.2. The molecule has 1 amide bonds. The van der Waals surface area contributed by atoms with Gasteiger partial charge in [-0.1, -0.05) is 29.3 Å². The highest BCUT2D eigenvalue weighted by Crippen LogP contribution is 2.27. The van der Waals surface area contributed by atoms with Crippen molar-refractivity contribution in [2.45, 2.75) is 6.54 Å². The second-order valence-electron chi connectivity index (χ2n) is 7.80. The van der Waals surface area contributed by atoms with Crippen LogP contribution in [-0.2, 0) is 6.54 Å². The zero-order valence-electron chi connectivity index (χ0n) is 18.6. The number of ether oxygens (including phenoxy) is 2. The summed E-state index contributed by atoms with van der Waals surface area (Å²) in [5.41, 5.74) is 3.22. The summed E-state index contributed by atoms with van der Waals surface area (Å²) in [4.78, 5) is 21.9. The fourth-order valence-corrected chi connectivity index (χ4v) is 4.18. The van der Waals surface area contributed by atoms with E-state index < -0.39 is 0 Å². The van der Waals surface area contributed by atoms with Gasteiger partial charge in [-0.15, -0.1) is 0 Å². The molecule has 172 valence electrons. The molecule has 0 saturated carbocycles. The topological polar surface area (TPSA) is 54.9 Å². The van der Waals surface area contributed by atoms with Crippen LogP contribution in [0.25, 0.3) is 11.3 Å². The smallest absolute Gasteiger partial charge is 0.259 e. The highest BCUT2D eigenvalue weighted by Gasteiger charge is 2.25. The predicted molar refractivity (Wildman–Crippen MR) is 130 cm³/mol. The van der Waals surface area contributed by atoms with E-state index in [2.05, 4.69) is 9.88 Å². The Hall–Kier alpha value is -2.80. The van der Waals surface area contributed by atoms with Crippen LogP contribution in [0.3, 0.4) is 0 Å². The standard InChI is InChI=1S/C25H25Cl2N3O3/c1-32-19-6-4-18(5-7-19)23-10-8-20(24(28-23)33-2)25(31)30-13-11-29(12-14-30)16-17-3-9-21(26)22(27)15-17/h3-10,15H,11-14,16H2,1-2H3. The second-order valence-corrected chi connectivity index (χ2v) is 8.61. The van der Waals surface area contributed by atoms with Crippen molar-refractivity contribution in [1.29, 1.82) is 0 Å². The molecule has 1 aromatic heterocycles. The van der Waals surface area contributed by atoms with Crippen molar-refractivity contribution in [3.05, 3.63) is 75.8 Å². The van der Waals surface area contributed by atoms with Gasteiger partial charge < -0.3 is 14.4 Å². The van der Waals surface area contributed by atoms with Crippen LogP contribution in [0.1, 0.15) is 15.9 Å². The Morgan fingerprint density at radius 1 is 0.909 bits per heavy atom. The van der Waals surface area contributed by atoms with Crippen molar-refractivity contribution >= 4 is 29.1 Å². The lowest BCUT2D eigenvalue weighted by Crippen LogP contribution is -2.48. The number of pyridine rings is 1. The van der Waals surface area contributed by atoms with Crippen molar-refractivity contribution in [2.24, 2.45) is 0 Å². The number of hydrogen-bond donors (Lipinski definition) is 0. The summed E-state index contributed by atoms with van der Waals surface area (Å²) in [7, 11) is 3.16. The highest BCUT2D eigenvalue weighted by molar-refractivity contribution is 6.42. The Morgan fingerprint density at radius 3 is 2.27 bits per heavy atom. The van der Waals surface area contributed by atoms with Crippen LogP contribution < -0.4 is 9.47 Å². The van der Waals surface area contributed by atoms with Crippen LogP contribution in [0.2, 0.25) is 10.0 Å². The van der Waals surface area contributed by atoms with E-state index in [-0.39, 0.29) is 5.91 Å². The minimum atomic E-state index is -0.0742. The monoisotopic (exact) mass is 485 g/mol. The molecule has 0 unspecified atom stereocenters. The Morgan fingerprint density at radius 2 is 1.64 bits per heavy atom. The molecule has 1 fully saturated rings. The van der Waals surface area contributed by atoms with E-state index in [1.807, 2.05) is 53.4 Å². The molecule has 2 heterocycles. The van der Waals surface area contributed by atoms with Crippen molar-refractivity contribution in [3.63, 3.8) is 0 Å². The maximum absolute atomic E-state index is 13.2. The number of rotatable bonds is 6. The van der Waals surface area contributed by atoms with Gasteiger partial charge >= 0.3 is 0 Å². The second kappa shape index (κ2) is 10.4. The number of halogens is 2. The lowest BCUT2D eigenvalue weighted by molar-refractivity contribution is 0.0624. The maximum Gasteiger partial charge on any atom is 0.259 e. The average molecular weight is 486 g/mol. The molecule has 0 atom stereocenters. The summed E-state index contributed by atoms with van der Waals surface area (Å²) in [6.07, 6.45) is 0. The van der Waals surface area contributed by atoms with Gasteiger partial charge in [-0.25, -0.2) is 4.98 Å². The number of piperazine rings is 1. The van der Waals surface area contributed by atoms with E-state index in [0.29, 0.717) is 34.6 Å². The zero-order chi connectivity index (χ0) is 23.4. The molecule has 8 heteroatoms. The third-order valence-corrected chi connectivity index (χ3v) is 6.46. The summed E-state index contributed by atoms with van der Waals surface area (Å²) < 4.78 is 10.7. The lowest BCUT2D eigenvalue weighted by Gasteiger charge is -2.35. The van der Waals surface area contributed by atoms with E-state index >= 15 is 0 Å². The van der Waals surface area contributed by atoms with E-state index in [9.17, 15) is 4.79 Å². The molecule has 0 spiro atoms. The Bertz CT molecular complexity index is 1130. The van der Waals surface area contributed by atoms with Gasteiger partial charge in [0.15, 0.2) is 0 Å². The van der Waals surface area contributed by atoms with Crippen LogP contribution in [0.15, 0.2) is 54.6 Å². The van der Waals surface area contributed by atoms with E-state index in [4.69, 9.17) is 32.7 Å². The van der Waals surface area contributed by atoms with Gasteiger partial charge in [-0.3, -0.25) is 9.69 Å². The minimum absolute atomic E-state index is 0.0742. The van der Waals surface area contributed by atoms with Gasteiger partial charge in [0, 0.05) is 38.3 Å². The summed E-state index contributed by atoms with van der Waals surface area (Å²) >= 11 is 12.1. The van der Waals surface area contributed by atoms with Crippen molar-refractivity contribution in [3.8, 4) is 22.9 Å². The third-order valence-electron chi connectivity index (χ3n) is 5.72. The third kappa shape index (κ3) is 5.41. The Balaban J connectivity index is 1.42. The number of nitrogens with zero attached hydrogens (tertiary/aromatic N) is 3. The van der Waals surface area contributed by atoms with Crippen LogP contribution >= 0.6 is 23.2 Å². The molecule has 1 aliphatic heterocycles.